The summed E-state index contributed by atoms with van der Waals surface area (Å²) in [6, 6.07) is 23.1. The molecule has 1 atom stereocenters. The minimum absolute atomic E-state index is 0.0189. The van der Waals surface area contributed by atoms with Gasteiger partial charge in [-0.15, -0.1) is 0 Å². The molecule has 0 fully saturated rings. The number of carbonyl (C=O) groups is 2. The van der Waals surface area contributed by atoms with Crippen molar-refractivity contribution < 1.29 is 14.3 Å². The third-order valence-corrected chi connectivity index (χ3v) is 6.02. The van der Waals surface area contributed by atoms with Crippen LogP contribution in [0.15, 0.2) is 72.8 Å². The van der Waals surface area contributed by atoms with E-state index in [0.29, 0.717) is 18.7 Å². The Kier molecular flexibility index (Phi) is 6.55. The number of anilines is 1. The van der Waals surface area contributed by atoms with Gasteiger partial charge in [0.25, 0.3) is 5.91 Å². The highest BCUT2D eigenvalue weighted by Crippen LogP contribution is 2.31. The first kappa shape index (κ1) is 21.6. The second-order valence-corrected chi connectivity index (χ2v) is 7.99. The van der Waals surface area contributed by atoms with Crippen LogP contribution in [0.1, 0.15) is 46.3 Å². The van der Waals surface area contributed by atoms with E-state index in [1.165, 1.54) is 0 Å². The van der Waals surface area contributed by atoms with Gasteiger partial charge in [-0.2, -0.15) is 0 Å². The van der Waals surface area contributed by atoms with Crippen LogP contribution in [0.4, 0.5) is 5.69 Å². The molecule has 0 saturated heterocycles. The number of hydrogen-bond acceptors (Lipinski definition) is 3. The first-order valence-corrected chi connectivity index (χ1v) is 11.0. The third kappa shape index (κ3) is 4.52. The zero-order chi connectivity index (χ0) is 22.5. The van der Waals surface area contributed by atoms with Crippen molar-refractivity contribution in [2.45, 2.75) is 32.2 Å². The van der Waals surface area contributed by atoms with Crippen LogP contribution in [0.3, 0.4) is 0 Å². The van der Waals surface area contributed by atoms with Crippen LogP contribution in [0.2, 0.25) is 0 Å². The van der Waals surface area contributed by atoms with Crippen LogP contribution < -0.4 is 15.0 Å². The molecule has 164 valence electrons. The number of carbonyl (C=O) groups excluding carboxylic acids is 2. The Balaban J connectivity index is 1.46. The van der Waals surface area contributed by atoms with Gasteiger partial charge in [0, 0.05) is 24.3 Å². The van der Waals surface area contributed by atoms with Gasteiger partial charge in [-0.3, -0.25) is 9.59 Å². The lowest BCUT2D eigenvalue weighted by molar-refractivity contribution is -0.122. The Morgan fingerprint density at radius 2 is 1.78 bits per heavy atom. The monoisotopic (exact) mass is 428 g/mol. The number of hydrogen-bond donors (Lipinski definition) is 1. The summed E-state index contributed by atoms with van der Waals surface area (Å²) in [4.78, 5) is 27.7. The van der Waals surface area contributed by atoms with Crippen molar-refractivity contribution >= 4 is 17.5 Å². The van der Waals surface area contributed by atoms with Crippen LogP contribution in [0, 0.1) is 0 Å². The third-order valence-electron chi connectivity index (χ3n) is 6.02. The summed E-state index contributed by atoms with van der Waals surface area (Å²) in [6.45, 7) is 3.11. The molecule has 1 aliphatic rings. The number of nitrogens with zero attached hydrogens (tertiary/aromatic N) is 1. The highest BCUT2D eigenvalue weighted by atomic mass is 16.5. The Bertz CT molecular complexity index is 1090. The molecule has 0 aliphatic carbocycles. The second-order valence-electron chi connectivity index (χ2n) is 7.99. The summed E-state index contributed by atoms with van der Waals surface area (Å²) in [5.41, 5.74) is 4.71. The molecule has 3 aromatic rings. The summed E-state index contributed by atoms with van der Waals surface area (Å²) < 4.78 is 5.19. The van der Waals surface area contributed by atoms with Gasteiger partial charge in [0.1, 0.15) is 5.75 Å². The predicted molar refractivity (Wildman–Crippen MR) is 126 cm³/mol. The molecule has 0 radical (unpaired) electrons. The fraction of sp³-hybridized carbons (Fsp3) is 0.259. The Hall–Kier alpha value is -3.60. The van der Waals surface area contributed by atoms with E-state index in [0.717, 1.165) is 41.0 Å². The van der Waals surface area contributed by atoms with Crippen molar-refractivity contribution in [3.63, 3.8) is 0 Å². The number of amides is 2. The second kappa shape index (κ2) is 9.69. The Labute approximate surface area is 189 Å². The topological polar surface area (TPSA) is 58.6 Å². The number of nitrogens with one attached hydrogen (secondary N) is 1. The van der Waals surface area contributed by atoms with Gasteiger partial charge in [0.2, 0.25) is 5.91 Å². The van der Waals surface area contributed by atoms with Crippen molar-refractivity contribution in [3.8, 4) is 5.75 Å². The van der Waals surface area contributed by atoms with Gasteiger partial charge in [-0.25, -0.2) is 0 Å². The lowest BCUT2D eigenvalue weighted by atomic mass is 9.95. The standard InChI is InChI=1S/C27H28N2O3/c1-3-24(20-7-5-4-6-8-20)26(30)28-18-19-9-10-21-15-16-29(25(21)17-19)27(31)22-11-13-23(32-2)14-12-22/h4-14,17,24H,3,15-16,18H2,1-2H3,(H,28,30)/t24-/m1/s1. The van der Waals surface area contributed by atoms with Crippen molar-refractivity contribution in [2.24, 2.45) is 0 Å². The molecule has 0 spiro atoms. The van der Waals surface area contributed by atoms with E-state index in [4.69, 9.17) is 4.74 Å². The van der Waals surface area contributed by atoms with Crippen LogP contribution in [-0.4, -0.2) is 25.5 Å². The first-order chi connectivity index (χ1) is 15.6. The molecule has 1 aliphatic heterocycles. The normalized spacial score (nSPS) is 13.4. The van der Waals surface area contributed by atoms with Gasteiger partial charge in [0.15, 0.2) is 0 Å². The highest BCUT2D eigenvalue weighted by Gasteiger charge is 2.26. The summed E-state index contributed by atoms with van der Waals surface area (Å²) in [5.74, 6) is 0.550. The molecule has 0 unspecified atom stereocenters. The lowest BCUT2D eigenvalue weighted by Crippen LogP contribution is -2.30. The molecule has 5 heteroatoms. The summed E-state index contributed by atoms with van der Waals surface area (Å²) in [6.07, 6.45) is 1.57. The van der Waals surface area contributed by atoms with E-state index in [1.54, 1.807) is 31.4 Å². The number of rotatable bonds is 7. The van der Waals surface area contributed by atoms with Gasteiger partial charge < -0.3 is 15.0 Å². The Morgan fingerprint density at radius 1 is 1.03 bits per heavy atom. The van der Waals surface area contributed by atoms with Crippen molar-refractivity contribution in [3.05, 3.63) is 95.1 Å². The SMILES string of the molecule is CC[C@@H](C(=O)NCc1ccc2c(c1)N(C(=O)c1ccc(OC)cc1)CC2)c1ccccc1. The number of fused-ring (bicyclic) bond motifs is 1. The molecule has 0 bridgehead atoms. The van der Waals surface area contributed by atoms with E-state index in [1.807, 2.05) is 54.3 Å². The smallest absolute Gasteiger partial charge is 0.258 e. The summed E-state index contributed by atoms with van der Waals surface area (Å²) in [5, 5.41) is 3.07. The molecule has 0 saturated carbocycles. The average molecular weight is 429 g/mol. The highest BCUT2D eigenvalue weighted by molar-refractivity contribution is 6.07. The van der Waals surface area contributed by atoms with E-state index in [2.05, 4.69) is 11.4 Å². The maximum absolute atomic E-state index is 13.1. The molecular weight excluding hydrogens is 400 g/mol. The van der Waals surface area contributed by atoms with Crippen LogP contribution >= 0.6 is 0 Å². The molecule has 1 N–H and O–H groups in total. The minimum Gasteiger partial charge on any atom is -0.497 e. The molecule has 5 nitrogen and oxygen atoms in total. The zero-order valence-electron chi connectivity index (χ0n) is 18.5. The zero-order valence-corrected chi connectivity index (χ0v) is 18.5. The minimum atomic E-state index is -0.168. The molecule has 1 heterocycles. The molecule has 4 rings (SSSR count). The van der Waals surface area contributed by atoms with Crippen LogP contribution in [-0.2, 0) is 17.8 Å². The lowest BCUT2D eigenvalue weighted by Gasteiger charge is -2.19. The van der Waals surface area contributed by atoms with Gasteiger partial charge in [-0.05, 0) is 59.9 Å². The average Bonchev–Trinajstić information content (AvgIpc) is 3.27. The van der Waals surface area contributed by atoms with Crippen LogP contribution in [0.5, 0.6) is 5.75 Å². The molecule has 2 amide bonds. The predicted octanol–water partition coefficient (Wildman–Crippen LogP) is 4.71. The van der Waals surface area contributed by atoms with Gasteiger partial charge >= 0.3 is 0 Å². The number of methoxy groups -OCH3 is 1. The van der Waals surface area contributed by atoms with E-state index in [9.17, 15) is 9.59 Å². The van der Waals surface area contributed by atoms with Gasteiger partial charge in [0.05, 0.1) is 13.0 Å². The fourth-order valence-electron chi connectivity index (χ4n) is 4.21. The molecule has 3 aromatic carbocycles. The summed E-state index contributed by atoms with van der Waals surface area (Å²) in [7, 11) is 1.61. The molecular formula is C27H28N2O3. The van der Waals surface area contributed by atoms with E-state index < -0.39 is 0 Å². The fourth-order valence-corrected chi connectivity index (χ4v) is 4.21. The molecule has 32 heavy (non-hydrogen) atoms. The maximum Gasteiger partial charge on any atom is 0.258 e. The van der Waals surface area contributed by atoms with E-state index in [-0.39, 0.29) is 17.7 Å². The number of benzene rings is 3. The number of ether oxygens (including phenoxy) is 1. The van der Waals surface area contributed by atoms with Crippen molar-refractivity contribution in [1.29, 1.82) is 0 Å². The first-order valence-electron chi connectivity index (χ1n) is 11.0. The largest absolute Gasteiger partial charge is 0.497 e. The Morgan fingerprint density at radius 3 is 2.47 bits per heavy atom. The van der Waals surface area contributed by atoms with Crippen molar-refractivity contribution in [2.75, 3.05) is 18.6 Å². The summed E-state index contributed by atoms with van der Waals surface area (Å²) >= 11 is 0. The molecule has 0 aromatic heterocycles. The van der Waals surface area contributed by atoms with E-state index >= 15 is 0 Å². The maximum atomic E-state index is 13.1. The van der Waals surface area contributed by atoms with Gasteiger partial charge in [-0.1, -0.05) is 49.4 Å². The van der Waals surface area contributed by atoms with Crippen molar-refractivity contribution in [1.82, 2.24) is 5.32 Å². The van der Waals surface area contributed by atoms with Crippen LogP contribution in [0.25, 0.3) is 0 Å². The quantitative estimate of drug-likeness (QED) is 0.593.